The Labute approximate surface area is 150 Å². The van der Waals surface area contributed by atoms with Gasteiger partial charge in [-0.25, -0.2) is 8.42 Å². The summed E-state index contributed by atoms with van der Waals surface area (Å²) in [6, 6.07) is 6.49. The van der Waals surface area contributed by atoms with Gasteiger partial charge in [-0.3, -0.25) is 4.79 Å². The molecule has 2 rings (SSSR count). The third-order valence-corrected chi connectivity index (χ3v) is 6.13. The average molecular weight is 376 g/mol. The summed E-state index contributed by atoms with van der Waals surface area (Å²) in [4.78, 5) is 11.8. The fourth-order valence-electron chi connectivity index (χ4n) is 2.91. The SMILES string of the molecule is CNCC(=O)Nc1cccc(S(=O)(=O)N(C)C2CCCCC2)c1.Cl. The summed E-state index contributed by atoms with van der Waals surface area (Å²) in [6.07, 6.45) is 5.15. The summed E-state index contributed by atoms with van der Waals surface area (Å²) in [5, 5.41) is 5.44. The smallest absolute Gasteiger partial charge is 0.243 e. The molecule has 136 valence electrons. The van der Waals surface area contributed by atoms with Crippen molar-refractivity contribution < 1.29 is 13.2 Å². The minimum atomic E-state index is -3.54. The number of nitrogens with zero attached hydrogens (tertiary/aromatic N) is 1. The van der Waals surface area contributed by atoms with E-state index >= 15 is 0 Å². The molecule has 1 aliphatic carbocycles. The first-order valence-corrected chi connectivity index (χ1v) is 9.41. The van der Waals surface area contributed by atoms with Gasteiger partial charge < -0.3 is 10.6 Å². The van der Waals surface area contributed by atoms with E-state index in [1.807, 2.05) is 0 Å². The lowest BCUT2D eigenvalue weighted by Crippen LogP contribution is -2.38. The Morgan fingerprint density at radius 1 is 1.25 bits per heavy atom. The summed E-state index contributed by atoms with van der Waals surface area (Å²) in [7, 11) is -0.212. The van der Waals surface area contributed by atoms with Gasteiger partial charge in [0.2, 0.25) is 15.9 Å². The highest BCUT2D eigenvalue weighted by atomic mass is 35.5. The number of carbonyl (C=O) groups excluding carboxylic acids is 1. The Morgan fingerprint density at radius 3 is 2.54 bits per heavy atom. The molecule has 1 saturated carbocycles. The Balaban J connectivity index is 0.00000288. The molecule has 2 N–H and O–H groups in total. The van der Waals surface area contributed by atoms with Gasteiger partial charge in [-0.1, -0.05) is 25.3 Å². The van der Waals surface area contributed by atoms with Crippen LogP contribution in [-0.4, -0.2) is 45.3 Å². The van der Waals surface area contributed by atoms with E-state index in [1.165, 1.54) is 16.8 Å². The van der Waals surface area contributed by atoms with E-state index in [1.54, 1.807) is 32.3 Å². The summed E-state index contributed by atoms with van der Waals surface area (Å²) in [6.45, 7) is 0.180. The van der Waals surface area contributed by atoms with E-state index in [0.29, 0.717) is 5.69 Å². The van der Waals surface area contributed by atoms with E-state index in [4.69, 9.17) is 0 Å². The van der Waals surface area contributed by atoms with Crippen molar-refractivity contribution in [3.63, 3.8) is 0 Å². The molecule has 0 aliphatic heterocycles. The van der Waals surface area contributed by atoms with Gasteiger partial charge in [0, 0.05) is 18.8 Å². The molecule has 0 heterocycles. The second kappa shape index (κ2) is 9.36. The molecule has 8 heteroatoms. The lowest BCUT2D eigenvalue weighted by atomic mass is 9.96. The van der Waals surface area contributed by atoms with Crippen molar-refractivity contribution in [2.75, 3.05) is 26.0 Å². The first-order valence-electron chi connectivity index (χ1n) is 7.97. The first-order chi connectivity index (χ1) is 10.9. The van der Waals surface area contributed by atoms with Crippen LogP contribution in [0.2, 0.25) is 0 Å². The van der Waals surface area contributed by atoms with Crippen molar-refractivity contribution in [1.29, 1.82) is 0 Å². The fourth-order valence-corrected chi connectivity index (χ4v) is 4.37. The third-order valence-electron chi connectivity index (χ3n) is 4.22. The molecule has 0 aromatic heterocycles. The quantitative estimate of drug-likeness (QED) is 0.799. The maximum absolute atomic E-state index is 12.8. The number of hydrogen-bond donors (Lipinski definition) is 2. The molecule has 0 bridgehead atoms. The van der Waals surface area contributed by atoms with Crippen molar-refractivity contribution >= 4 is 34.0 Å². The molecule has 1 amide bonds. The topological polar surface area (TPSA) is 78.5 Å². The Kier molecular flexibility index (Phi) is 8.15. The highest BCUT2D eigenvalue weighted by Crippen LogP contribution is 2.27. The standard InChI is InChI=1S/C16H25N3O3S.ClH/c1-17-12-16(20)18-13-7-6-10-15(11-13)23(21,22)19(2)14-8-4-3-5-9-14;/h6-7,10-11,14,17H,3-5,8-9,12H2,1-2H3,(H,18,20);1H. The Morgan fingerprint density at radius 2 is 1.92 bits per heavy atom. The number of hydrogen-bond acceptors (Lipinski definition) is 4. The van der Waals surface area contributed by atoms with Crippen molar-refractivity contribution in [3.05, 3.63) is 24.3 Å². The van der Waals surface area contributed by atoms with Crippen LogP contribution in [0.4, 0.5) is 5.69 Å². The van der Waals surface area contributed by atoms with Crippen LogP contribution in [-0.2, 0) is 14.8 Å². The van der Waals surface area contributed by atoms with Crippen molar-refractivity contribution in [2.24, 2.45) is 0 Å². The molecule has 0 radical (unpaired) electrons. The van der Waals surface area contributed by atoms with Crippen LogP contribution in [0.25, 0.3) is 0 Å². The largest absolute Gasteiger partial charge is 0.325 e. The predicted octanol–water partition coefficient (Wildman–Crippen LogP) is 2.22. The number of nitrogens with one attached hydrogen (secondary N) is 2. The maximum atomic E-state index is 12.8. The normalized spacial score (nSPS) is 15.8. The monoisotopic (exact) mass is 375 g/mol. The Bertz CT molecular complexity index is 646. The van der Waals surface area contributed by atoms with Crippen molar-refractivity contribution in [2.45, 2.75) is 43.0 Å². The molecule has 0 unspecified atom stereocenters. The predicted molar refractivity (Wildman–Crippen MR) is 98.1 cm³/mol. The average Bonchev–Trinajstić information content (AvgIpc) is 2.55. The first kappa shape index (κ1) is 20.9. The molecular weight excluding hydrogens is 350 g/mol. The molecule has 1 aliphatic rings. The summed E-state index contributed by atoms with van der Waals surface area (Å²) < 4.78 is 27.1. The van der Waals surface area contributed by atoms with E-state index in [9.17, 15) is 13.2 Å². The lowest BCUT2D eigenvalue weighted by Gasteiger charge is -2.30. The molecule has 1 aromatic carbocycles. The zero-order valence-electron chi connectivity index (χ0n) is 14.1. The van der Waals surface area contributed by atoms with Gasteiger partial charge in [0.1, 0.15) is 0 Å². The van der Waals surface area contributed by atoms with Gasteiger partial charge in [0.05, 0.1) is 11.4 Å². The second-order valence-corrected chi connectivity index (χ2v) is 7.92. The molecule has 0 atom stereocenters. The highest BCUT2D eigenvalue weighted by molar-refractivity contribution is 7.89. The van der Waals surface area contributed by atoms with Crippen molar-refractivity contribution in [1.82, 2.24) is 9.62 Å². The van der Waals surface area contributed by atoms with Crippen LogP contribution in [0.15, 0.2) is 29.2 Å². The van der Waals surface area contributed by atoms with E-state index in [0.717, 1.165) is 25.7 Å². The van der Waals surface area contributed by atoms with Gasteiger partial charge >= 0.3 is 0 Å². The second-order valence-electron chi connectivity index (χ2n) is 5.92. The van der Waals surface area contributed by atoms with Gasteiger partial charge in [0.25, 0.3) is 0 Å². The summed E-state index contributed by atoms with van der Waals surface area (Å²) in [5.41, 5.74) is 0.489. The van der Waals surface area contributed by atoms with Crippen LogP contribution in [0.3, 0.4) is 0 Å². The molecule has 6 nitrogen and oxygen atoms in total. The molecule has 0 saturated heterocycles. The van der Waals surface area contributed by atoms with Gasteiger partial charge in [-0.15, -0.1) is 12.4 Å². The van der Waals surface area contributed by atoms with Crippen LogP contribution in [0.5, 0.6) is 0 Å². The minimum absolute atomic E-state index is 0. The number of halogens is 1. The van der Waals surface area contributed by atoms with Crippen LogP contribution in [0.1, 0.15) is 32.1 Å². The fraction of sp³-hybridized carbons (Fsp3) is 0.562. The number of amides is 1. The van der Waals surface area contributed by atoms with Gasteiger partial charge in [-0.2, -0.15) is 4.31 Å². The number of anilines is 1. The lowest BCUT2D eigenvalue weighted by molar-refractivity contribution is -0.115. The van der Waals surface area contributed by atoms with Crippen molar-refractivity contribution in [3.8, 4) is 0 Å². The van der Waals surface area contributed by atoms with Crippen LogP contribution >= 0.6 is 12.4 Å². The number of likely N-dealkylation sites (N-methyl/N-ethyl adjacent to an activating group) is 1. The van der Waals surface area contributed by atoms with Crippen LogP contribution < -0.4 is 10.6 Å². The summed E-state index contributed by atoms with van der Waals surface area (Å²) in [5.74, 6) is -0.206. The van der Waals surface area contributed by atoms with E-state index in [2.05, 4.69) is 10.6 Å². The minimum Gasteiger partial charge on any atom is -0.325 e. The highest BCUT2D eigenvalue weighted by Gasteiger charge is 2.29. The zero-order valence-corrected chi connectivity index (χ0v) is 15.8. The maximum Gasteiger partial charge on any atom is 0.243 e. The van der Waals surface area contributed by atoms with Gasteiger partial charge in [0.15, 0.2) is 0 Å². The number of carbonyl (C=O) groups is 1. The molecule has 24 heavy (non-hydrogen) atoms. The number of sulfonamides is 1. The third kappa shape index (κ3) is 5.17. The molecule has 0 spiro atoms. The zero-order chi connectivity index (χ0) is 16.9. The van der Waals surface area contributed by atoms with E-state index in [-0.39, 0.29) is 35.8 Å². The Hall–Kier alpha value is -1.15. The number of benzene rings is 1. The molecule has 1 aromatic rings. The number of rotatable bonds is 6. The van der Waals surface area contributed by atoms with E-state index < -0.39 is 10.0 Å². The van der Waals surface area contributed by atoms with Crippen LogP contribution in [0, 0.1) is 0 Å². The van der Waals surface area contributed by atoms with Gasteiger partial charge in [-0.05, 0) is 38.1 Å². The molecular formula is C16H26ClN3O3S. The summed E-state index contributed by atoms with van der Waals surface area (Å²) >= 11 is 0. The molecule has 1 fully saturated rings.